The lowest BCUT2D eigenvalue weighted by Crippen LogP contribution is -2.29. The molecule has 3 heteroatoms. The standard InChI is InChI=1S/C21H20N2O/c1-15-10-11-18(13-16(15)2)20(19-9-6-12-22-14-19)23-21(24)17-7-4-3-5-8-17/h3-14,20H,1-2H3,(H,23,24)/t20-/m0/s1. The molecule has 0 spiro atoms. The molecule has 120 valence electrons. The van der Waals surface area contributed by atoms with Crippen molar-refractivity contribution in [3.8, 4) is 0 Å². The number of benzene rings is 2. The van der Waals surface area contributed by atoms with Gasteiger partial charge in [-0.1, -0.05) is 42.5 Å². The molecule has 3 rings (SSSR count). The highest BCUT2D eigenvalue weighted by molar-refractivity contribution is 5.94. The molecule has 24 heavy (non-hydrogen) atoms. The Kier molecular flexibility index (Phi) is 4.71. The monoisotopic (exact) mass is 316 g/mol. The molecular weight excluding hydrogens is 296 g/mol. The Balaban J connectivity index is 1.96. The molecule has 1 N–H and O–H groups in total. The van der Waals surface area contributed by atoms with E-state index in [-0.39, 0.29) is 11.9 Å². The molecule has 0 unspecified atom stereocenters. The number of carbonyl (C=O) groups is 1. The van der Waals surface area contributed by atoms with Crippen LogP contribution in [0.3, 0.4) is 0 Å². The van der Waals surface area contributed by atoms with Gasteiger partial charge in [-0.05, 0) is 54.3 Å². The fraction of sp³-hybridized carbons (Fsp3) is 0.143. The van der Waals surface area contributed by atoms with Crippen LogP contribution in [0.1, 0.15) is 38.7 Å². The first kappa shape index (κ1) is 15.9. The van der Waals surface area contributed by atoms with Gasteiger partial charge in [0.05, 0.1) is 6.04 Å². The Hall–Kier alpha value is -2.94. The number of rotatable bonds is 4. The third kappa shape index (κ3) is 3.51. The van der Waals surface area contributed by atoms with Crippen LogP contribution in [0.5, 0.6) is 0 Å². The van der Waals surface area contributed by atoms with Gasteiger partial charge in [0.2, 0.25) is 0 Å². The van der Waals surface area contributed by atoms with Gasteiger partial charge in [-0.3, -0.25) is 9.78 Å². The van der Waals surface area contributed by atoms with Crippen molar-refractivity contribution >= 4 is 5.91 Å². The summed E-state index contributed by atoms with van der Waals surface area (Å²) >= 11 is 0. The summed E-state index contributed by atoms with van der Waals surface area (Å²) in [6, 6.07) is 19.2. The number of hydrogen-bond donors (Lipinski definition) is 1. The van der Waals surface area contributed by atoms with E-state index in [1.807, 2.05) is 42.5 Å². The lowest BCUT2D eigenvalue weighted by Gasteiger charge is -2.20. The van der Waals surface area contributed by atoms with Crippen LogP contribution in [-0.4, -0.2) is 10.9 Å². The van der Waals surface area contributed by atoms with Crippen molar-refractivity contribution in [2.75, 3.05) is 0 Å². The fourth-order valence-corrected chi connectivity index (χ4v) is 2.65. The fourth-order valence-electron chi connectivity index (χ4n) is 2.65. The Labute approximate surface area is 142 Å². The zero-order valence-electron chi connectivity index (χ0n) is 13.9. The number of carbonyl (C=O) groups excluding carboxylic acids is 1. The zero-order chi connectivity index (χ0) is 16.9. The molecule has 1 amide bonds. The van der Waals surface area contributed by atoms with Crippen molar-refractivity contribution in [3.63, 3.8) is 0 Å². The molecule has 0 saturated heterocycles. The van der Waals surface area contributed by atoms with E-state index >= 15 is 0 Å². The van der Waals surface area contributed by atoms with Gasteiger partial charge in [0.25, 0.3) is 5.91 Å². The molecule has 0 aliphatic carbocycles. The highest BCUT2D eigenvalue weighted by atomic mass is 16.1. The SMILES string of the molecule is Cc1ccc([C@H](NC(=O)c2ccccc2)c2cccnc2)cc1C. The van der Waals surface area contributed by atoms with Gasteiger partial charge in [0.1, 0.15) is 0 Å². The van der Waals surface area contributed by atoms with Crippen molar-refractivity contribution in [2.45, 2.75) is 19.9 Å². The predicted molar refractivity (Wildman–Crippen MR) is 95.9 cm³/mol. The highest BCUT2D eigenvalue weighted by Gasteiger charge is 2.18. The summed E-state index contributed by atoms with van der Waals surface area (Å²) in [5, 5.41) is 3.13. The Bertz CT molecular complexity index is 829. The molecule has 0 aliphatic heterocycles. The molecule has 0 fully saturated rings. The molecular formula is C21H20N2O. The topological polar surface area (TPSA) is 42.0 Å². The number of amides is 1. The number of aromatic nitrogens is 1. The molecule has 0 bridgehead atoms. The van der Waals surface area contributed by atoms with E-state index in [1.54, 1.807) is 12.4 Å². The molecule has 3 nitrogen and oxygen atoms in total. The molecule has 0 saturated carbocycles. The summed E-state index contributed by atoms with van der Waals surface area (Å²) in [5.41, 5.74) is 5.10. The van der Waals surface area contributed by atoms with Crippen LogP contribution in [0.2, 0.25) is 0 Å². The summed E-state index contributed by atoms with van der Waals surface area (Å²) in [6.07, 6.45) is 3.53. The minimum atomic E-state index is -0.231. The van der Waals surface area contributed by atoms with Crippen molar-refractivity contribution in [1.29, 1.82) is 0 Å². The smallest absolute Gasteiger partial charge is 0.252 e. The number of nitrogens with zero attached hydrogens (tertiary/aromatic N) is 1. The summed E-state index contributed by atoms with van der Waals surface area (Å²) in [7, 11) is 0. The van der Waals surface area contributed by atoms with Gasteiger partial charge in [-0.2, -0.15) is 0 Å². The average Bonchev–Trinajstić information content (AvgIpc) is 2.63. The van der Waals surface area contributed by atoms with Crippen molar-refractivity contribution in [3.05, 3.63) is 101 Å². The maximum atomic E-state index is 12.6. The van der Waals surface area contributed by atoms with E-state index in [0.717, 1.165) is 11.1 Å². The van der Waals surface area contributed by atoms with E-state index in [4.69, 9.17) is 0 Å². The van der Waals surface area contributed by atoms with E-state index in [1.165, 1.54) is 11.1 Å². The van der Waals surface area contributed by atoms with Gasteiger partial charge in [0.15, 0.2) is 0 Å². The van der Waals surface area contributed by atoms with E-state index in [2.05, 4.69) is 42.3 Å². The maximum Gasteiger partial charge on any atom is 0.252 e. The van der Waals surface area contributed by atoms with Crippen LogP contribution >= 0.6 is 0 Å². The Morgan fingerprint density at radius 1 is 0.917 bits per heavy atom. The molecule has 0 aliphatic rings. The predicted octanol–water partition coefficient (Wildman–Crippen LogP) is 4.22. The highest BCUT2D eigenvalue weighted by Crippen LogP contribution is 2.24. The van der Waals surface area contributed by atoms with Crippen molar-refractivity contribution in [2.24, 2.45) is 0 Å². The minimum absolute atomic E-state index is 0.0947. The first-order chi connectivity index (χ1) is 11.6. The van der Waals surface area contributed by atoms with Gasteiger partial charge < -0.3 is 5.32 Å². The number of nitrogens with one attached hydrogen (secondary N) is 1. The molecule has 1 aromatic heterocycles. The normalized spacial score (nSPS) is 11.8. The third-order valence-corrected chi connectivity index (χ3v) is 4.19. The second kappa shape index (κ2) is 7.09. The van der Waals surface area contributed by atoms with E-state index in [0.29, 0.717) is 5.56 Å². The molecule has 0 radical (unpaired) electrons. The van der Waals surface area contributed by atoms with Gasteiger partial charge >= 0.3 is 0 Å². The minimum Gasteiger partial charge on any atom is -0.341 e. The first-order valence-electron chi connectivity index (χ1n) is 7.98. The molecule has 3 aromatic rings. The van der Waals surface area contributed by atoms with Crippen LogP contribution in [0.4, 0.5) is 0 Å². The summed E-state index contributed by atoms with van der Waals surface area (Å²) in [5.74, 6) is -0.0947. The Morgan fingerprint density at radius 2 is 1.71 bits per heavy atom. The molecule has 2 aromatic carbocycles. The van der Waals surface area contributed by atoms with E-state index < -0.39 is 0 Å². The lowest BCUT2D eigenvalue weighted by molar-refractivity contribution is 0.0943. The average molecular weight is 316 g/mol. The van der Waals surface area contributed by atoms with Crippen LogP contribution in [-0.2, 0) is 0 Å². The van der Waals surface area contributed by atoms with Crippen molar-refractivity contribution in [1.82, 2.24) is 10.3 Å². The van der Waals surface area contributed by atoms with Crippen LogP contribution < -0.4 is 5.32 Å². The molecule has 1 heterocycles. The number of aryl methyl sites for hydroxylation is 2. The summed E-state index contributed by atoms with van der Waals surface area (Å²) in [4.78, 5) is 16.8. The van der Waals surface area contributed by atoms with Gasteiger partial charge in [0, 0.05) is 18.0 Å². The largest absolute Gasteiger partial charge is 0.341 e. The number of pyridine rings is 1. The van der Waals surface area contributed by atoms with Gasteiger partial charge in [-0.15, -0.1) is 0 Å². The molecule has 1 atom stereocenters. The third-order valence-electron chi connectivity index (χ3n) is 4.19. The quantitative estimate of drug-likeness (QED) is 0.783. The van der Waals surface area contributed by atoms with Crippen molar-refractivity contribution < 1.29 is 4.79 Å². The van der Waals surface area contributed by atoms with Crippen LogP contribution in [0.25, 0.3) is 0 Å². The van der Waals surface area contributed by atoms with Crippen LogP contribution in [0, 0.1) is 13.8 Å². The van der Waals surface area contributed by atoms with Crippen LogP contribution in [0.15, 0.2) is 73.1 Å². The second-order valence-corrected chi connectivity index (χ2v) is 5.90. The van der Waals surface area contributed by atoms with E-state index in [9.17, 15) is 4.79 Å². The number of hydrogen-bond acceptors (Lipinski definition) is 2. The zero-order valence-corrected chi connectivity index (χ0v) is 13.9. The van der Waals surface area contributed by atoms with Gasteiger partial charge in [-0.25, -0.2) is 0 Å². The Morgan fingerprint density at radius 3 is 2.38 bits per heavy atom. The summed E-state index contributed by atoms with van der Waals surface area (Å²) < 4.78 is 0. The first-order valence-corrected chi connectivity index (χ1v) is 7.98. The lowest BCUT2D eigenvalue weighted by atomic mass is 9.96. The maximum absolute atomic E-state index is 12.6. The summed E-state index contributed by atoms with van der Waals surface area (Å²) in [6.45, 7) is 4.17. The second-order valence-electron chi connectivity index (χ2n) is 5.90.